The number of hydrogen-bond acceptors (Lipinski definition) is 7. The van der Waals surface area contributed by atoms with Crippen molar-refractivity contribution in [2.24, 2.45) is 5.84 Å². The maximum Gasteiger partial charge on any atom is 0.323 e. The van der Waals surface area contributed by atoms with Gasteiger partial charge in [-0.1, -0.05) is 12.1 Å². The Morgan fingerprint density at radius 1 is 1.21 bits per heavy atom. The zero-order valence-electron chi connectivity index (χ0n) is 10.2. The van der Waals surface area contributed by atoms with Crippen molar-refractivity contribution in [3.63, 3.8) is 0 Å². The van der Waals surface area contributed by atoms with Crippen molar-refractivity contribution in [2.45, 2.75) is 6.92 Å². The molecule has 0 saturated heterocycles. The third-order valence-corrected chi connectivity index (χ3v) is 3.08. The summed E-state index contributed by atoms with van der Waals surface area (Å²) in [6, 6.07) is 8.02. The average molecular weight is 372 g/mol. The Kier molecular flexibility index (Phi) is 4.68. The Balaban J connectivity index is 2.29. The van der Waals surface area contributed by atoms with Crippen LogP contribution in [-0.4, -0.2) is 21.6 Å². The van der Waals surface area contributed by atoms with Gasteiger partial charge >= 0.3 is 6.01 Å². The van der Waals surface area contributed by atoms with Gasteiger partial charge in [0.15, 0.2) is 0 Å². The number of halogens is 1. The van der Waals surface area contributed by atoms with Crippen molar-refractivity contribution in [1.82, 2.24) is 15.0 Å². The molecule has 0 radical (unpaired) electrons. The first-order valence-corrected chi connectivity index (χ1v) is 6.68. The molecule has 0 atom stereocenters. The van der Waals surface area contributed by atoms with Crippen LogP contribution in [0.3, 0.4) is 0 Å². The van der Waals surface area contributed by atoms with E-state index in [2.05, 4.69) is 48.3 Å². The Hall–Kier alpha value is -1.68. The Morgan fingerprint density at radius 2 is 1.95 bits per heavy atom. The van der Waals surface area contributed by atoms with Gasteiger partial charge in [-0.25, -0.2) is 5.84 Å². The van der Waals surface area contributed by atoms with Gasteiger partial charge < -0.3 is 10.1 Å². The second-order valence-corrected chi connectivity index (χ2v) is 4.61. The highest BCUT2D eigenvalue weighted by molar-refractivity contribution is 14.1. The quantitative estimate of drug-likeness (QED) is 0.419. The van der Waals surface area contributed by atoms with Crippen LogP contribution in [0.1, 0.15) is 6.92 Å². The monoisotopic (exact) mass is 372 g/mol. The third kappa shape index (κ3) is 3.64. The van der Waals surface area contributed by atoms with Gasteiger partial charge in [0.25, 0.3) is 0 Å². The van der Waals surface area contributed by atoms with Gasteiger partial charge in [0.2, 0.25) is 11.9 Å². The zero-order chi connectivity index (χ0) is 13.7. The highest BCUT2D eigenvalue weighted by atomic mass is 127. The number of ether oxygens (including phenoxy) is 1. The van der Waals surface area contributed by atoms with E-state index in [1.165, 1.54) is 0 Å². The molecule has 2 aromatic rings. The molecule has 1 aromatic carbocycles. The molecule has 19 heavy (non-hydrogen) atoms. The number of hydrogen-bond donors (Lipinski definition) is 3. The summed E-state index contributed by atoms with van der Waals surface area (Å²) in [4.78, 5) is 12.3. The fraction of sp³-hybridized carbons (Fsp3) is 0.182. The first-order chi connectivity index (χ1) is 9.22. The number of nitrogen functional groups attached to an aromatic ring is 1. The number of nitrogens with zero attached hydrogens (tertiary/aromatic N) is 3. The summed E-state index contributed by atoms with van der Waals surface area (Å²) in [5.41, 5.74) is 3.28. The molecule has 0 spiro atoms. The van der Waals surface area contributed by atoms with Crippen LogP contribution in [0.2, 0.25) is 0 Å². The van der Waals surface area contributed by atoms with E-state index in [9.17, 15) is 0 Å². The number of nitrogens with one attached hydrogen (secondary N) is 2. The minimum Gasteiger partial charge on any atom is -0.464 e. The SMILES string of the molecule is CCOc1nc(NN)nc(Nc2ccccc2I)n1. The van der Waals surface area contributed by atoms with E-state index >= 15 is 0 Å². The van der Waals surface area contributed by atoms with Crippen LogP contribution in [-0.2, 0) is 0 Å². The minimum atomic E-state index is 0.221. The molecule has 2 rings (SSSR count). The van der Waals surface area contributed by atoms with E-state index in [0.29, 0.717) is 12.6 Å². The normalized spacial score (nSPS) is 10.1. The van der Waals surface area contributed by atoms with Crippen LogP contribution in [0.25, 0.3) is 0 Å². The molecule has 7 nitrogen and oxygen atoms in total. The lowest BCUT2D eigenvalue weighted by Crippen LogP contribution is -2.13. The van der Waals surface area contributed by atoms with Crippen LogP contribution in [0.15, 0.2) is 24.3 Å². The molecule has 0 saturated carbocycles. The second-order valence-electron chi connectivity index (χ2n) is 3.45. The van der Waals surface area contributed by atoms with Gasteiger partial charge in [-0.2, -0.15) is 15.0 Å². The highest BCUT2D eigenvalue weighted by Gasteiger charge is 2.08. The molecule has 0 bridgehead atoms. The minimum absolute atomic E-state index is 0.221. The predicted octanol–water partition coefficient (Wildman–Crippen LogP) is 1.90. The van der Waals surface area contributed by atoms with Crippen LogP contribution in [0, 0.1) is 3.57 Å². The van der Waals surface area contributed by atoms with Crippen molar-refractivity contribution in [2.75, 3.05) is 17.3 Å². The number of para-hydroxylation sites is 1. The van der Waals surface area contributed by atoms with Gasteiger partial charge in [-0.3, -0.25) is 5.43 Å². The number of rotatable bonds is 5. The molecule has 100 valence electrons. The average Bonchev–Trinajstić information content (AvgIpc) is 2.41. The lowest BCUT2D eigenvalue weighted by atomic mass is 10.3. The van der Waals surface area contributed by atoms with Crippen LogP contribution >= 0.6 is 22.6 Å². The number of benzene rings is 1. The number of aromatic nitrogens is 3. The summed E-state index contributed by atoms with van der Waals surface area (Å²) in [6.07, 6.45) is 0. The van der Waals surface area contributed by atoms with Crippen molar-refractivity contribution >= 4 is 40.2 Å². The van der Waals surface area contributed by atoms with Gasteiger partial charge in [0.1, 0.15) is 0 Å². The Bertz CT molecular complexity index is 565. The summed E-state index contributed by atoms with van der Waals surface area (Å²) >= 11 is 2.23. The lowest BCUT2D eigenvalue weighted by Gasteiger charge is -2.09. The fourth-order valence-corrected chi connectivity index (χ4v) is 1.88. The topological polar surface area (TPSA) is 98.0 Å². The summed E-state index contributed by atoms with van der Waals surface area (Å²) in [5.74, 6) is 5.93. The van der Waals surface area contributed by atoms with Gasteiger partial charge in [-0.15, -0.1) is 0 Å². The first kappa shape index (κ1) is 13.7. The number of nitrogens with two attached hydrogens (primary N) is 1. The molecule has 0 aliphatic heterocycles. The largest absolute Gasteiger partial charge is 0.464 e. The third-order valence-electron chi connectivity index (χ3n) is 2.14. The zero-order valence-corrected chi connectivity index (χ0v) is 12.4. The fourth-order valence-electron chi connectivity index (χ4n) is 1.35. The molecule has 0 fully saturated rings. The summed E-state index contributed by atoms with van der Waals surface area (Å²) in [6.45, 7) is 2.32. The molecule has 4 N–H and O–H groups in total. The smallest absolute Gasteiger partial charge is 0.323 e. The molecule has 8 heteroatoms. The number of hydrazine groups is 1. The van der Waals surface area contributed by atoms with Crippen molar-refractivity contribution in [3.8, 4) is 6.01 Å². The van der Waals surface area contributed by atoms with Gasteiger partial charge in [-0.05, 0) is 41.6 Å². The molecule has 1 heterocycles. The van der Waals surface area contributed by atoms with E-state index < -0.39 is 0 Å². The van der Waals surface area contributed by atoms with E-state index in [-0.39, 0.29) is 12.0 Å². The van der Waals surface area contributed by atoms with E-state index in [0.717, 1.165) is 9.26 Å². The van der Waals surface area contributed by atoms with E-state index in [4.69, 9.17) is 10.6 Å². The summed E-state index contributed by atoms with van der Waals surface area (Å²) < 4.78 is 6.31. The summed E-state index contributed by atoms with van der Waals surface area (Å²) in [7, 11) is 0. The standard InChI is InChI=1S/C11H13IN6O/c1-2-19-11-16-9(15-10(17-11)18-13)14-8-6-4-3-5-7(8)12/h3-6H,2,13H2,1H3,(H2,14,15,16,17,18). The molecule has 0 amide bonds. The highest BCUT2D eigenvalue weighted by Crippen LogP contribution is 2.21. The van der Waals surface area contributed by atoms with E-state index in [1.54, 1.807) is 0 Å². The van der Waals surface area contributed by atoms with E-state index in [1.807, 2.05) is 31.2 Å². The van der Waals surface area contributed by atoms with Gasteiger partial charge in [0.05, 0.1) is 12.3 Å². The Labute approximate surface area is 124 Å². The maximum atomic E-state index is 5.32. The van der Waals surface area contributed by atoms with Crippen LogP contribution in [0.4, 0.5) is 17.6 Å². The number of anilines is 3. The van der Waals surface area contributed by atoms with Crippen LogP contribution in [0.5, 0.6) is 6.01 Å². The molecule has 1 aromatic heterocycles. The predicted molar refractivity (Wildman–Crippen MR) is 81.2 cm³/mol. The second kappa shape index (κ2) is 6.48. The van der Waals surface area contributed by atoms with Crippen LogP contribution < -0.4 is 21.3 Å². The van der Waals surface area contributed by atoms with Crippen molar-refractivity contribution in [3.05, 3.63) is 27.8 Å². The molecule has 0 unspecified atom stereocenters. The molecule has 0 aliphatic carbocycles. The molecular weight excluding hydrogens is 359 g/mol. The summed E-state index contributed by atoms with van der Waals surface area (Å²) in [5, 5.41) is 3.10. The molecular formula is C11H13IN6O. The Morgan fingerprint density at radius 3 is 2.63 bits per heavy atom. The first-order valence-electron chi connectivity index (χ1n) is 5.60. The molecule has 0 aliphatic rings. The van der Waals surface area contributed by atoms with Crippen molar-refractivity contribution < 1.29 is 4.74 Å². The van der Waals surface area contributed by atoms with Gasteiger partial charge in [0, 0.05) is 3.57 Å². The lowest BCUT2D eigenvalue weighted by molar-refractivity contribution is 0.312. The maximum absolute atomic E-state index is 5.32. The van der Waals surface area contributed by atoms with Crippen molar-refractivity contribution in [1.29, 1.82) is 0 Å².